The van der Waals surface area contributed by atoms with Crippen LogP contribution in [-0.4, -0.2) is 12.1 Å². The van der Waals surface area contributed by atoms with Crippen LogP contribution >= 0.6 is 0 Å². The van der Waals surface area contributed by atoms with Gasteiger partial charge in [-0.15, -0.1) is 0 Å². The Kier molecular flexibility index (Phi) is 3.62. The van der Waals surface area contributed by atoms with E-state index in [4.69, 9.17) is 5.73 Å². The second-order valence-corrected chi connectivity index (χ2v) is 3.72. The first-order valence-electron chi connectivity index (χ1n) is 4.64. The molecule has 8 heteroatoms. The third-order valence-corrected chi connectivity index (χ3v) is 2.38. The van der Waals surface area contributed by atoms with E-state index in [0.717, 1.165) is 6.92 Å². The molecule has 0 fully saturated rings. The Bertz CT molecular complexity index is 452. The molecule has 1 aromatic rings. The molecule has 2 N–H and O–H groups in total. The highest BCUT2D eigenvalue weighted by Gasteiger charge is 2.62. The van der Waals surface area contributed by atoms with Gasteiger partial charge in [0.1, 0.15) is 17.7 Å². The zero-order valence-corrected chi connectivity index (χ0v) is 8.96. The maximum absolute atomic E-state index is 13.3. The molecule has 1 nitrogen and oxygen atoms in total. The first-order chi connectivity index (χ1) is 7.98. The van der Waals surface area contributed by atoms with Gasteiger partial charge in [-0.3, -0.25) is 0 Å². The van der Waals surface area contributed by atoms with Crippen molar-refractivity contribution >= 4 is 0 Å². The Labute approximate surface area is 97.4 Å². The van der Waals surface area contributed by atoms with Gasteiger partial charge in [-0.2, -0.15) is 22.0 Å². The van der Waals surface area contributed by atoms with Gasteiger partial charge in [0.2, 0.25) is 0 Å². The third-order valence-electron chi connectivity index (χ3n) is 2.38. The van der Waals surface area contributed by atoms with Crippen molar-refractivity contribution in [1.29, 1.82) is 0 Å². The first-order valence-corrected chi connectivity index (χ1v) is 4.64. The summed E-state index contributed by atoms with van der Waals surface area (Å²) in [5, 5.41) is 0. The minimum atomic E-state index is -5.94. The van der Waals surface area contributed by atoms with Crippen molar-refractivity contribution in [1.82, 2.24) is 0 Å². The topological polar surface area (TPSA) is 26.0 Å². The molecule has 1 aromatic carbocycles. The van der Waals surface area contributed by atoms with Gasteiger partial charge in [0.05, 0.1) is 0 Å². The molecule has 0 amide bonds. The molecule has 0 aliphatic heterocycles. The van der Waals surface area contributed by atoms with Crippen LogP contribution in [0.15, 0.2) is 12.1 Å². The maximum Gasteiger partial charge on any atom is 0.455 e. The number of nitrogens with two attached hydrogens (primary N) is 1. The highest BCUT2D eigenvalue weighted by Crippen LogP contribution is 2.43. The Morgan fingerprint density at radius 1 is 1.00 bits per heavy atom. The normalized spacial score (nSPS) is 14.7. The summed E-state index contributed by atoms with van der Waals surface area (Å²) in [5.74, 6) is -7.87. The van der Waals surface area contributed by atoms with E-state index in [1.165, 1.54) is 0 Å². The summed E-state index contributed by atoms with van der Waals surface area (Å²) in [6, 6.07) is -2.25. The average Bonchev–Trinajstić information content (AvgIpc) is 2.20. The summed E-state index contributed by atoms with van der Waals surface area (Å²) in [4.78, 5) is 0. The van der Waals surface area contributed by atoms with Crippen LogP contribution in [0.5, 0.6) is 0 Å². The van der Waals surface area contributed by atoms with E-state index in [1.54, 1.807) is 0 Å². The van der Waals surface area contributed by atoms with Crippen LogP contribution < -0.4 is 5.73 Å². The smallest absolute Gasteiger partial charge is 0.319 e. The predicted molar refractivity (Wildman–Crippen MR) is 49.0 cm³/mol. The van der Waals surface area contributed by atoms with Crippen molar-refractivity contribution in [2.45, 2.75) is 25.1 Å². The summed E-state index contributed by atoms with van der Waals surface area (Å²) in [6.45, 7) is 1.13. The SMILES string of the molecule is Cc1cc(F)c(C(N)C(F)(F)C(F)(F)F)cc1F. The van der Waals surface area contributed by atoms with Gasteiger partial charge in [-0.1, -0.05) is 0 Å². The lowest BCUT2D eigenvalue weighted by Gasteiger charge is -2.26. The lowest BCUT2D eigenvalue weighted by atomic mass is 9.99. The number of alkyl halides is 5. The molecule has 0 bridgehead atoms. The number of benzene rings is 1. The Balaban J connectivity index is 3.27. The van der Waals surface area contributed by atoms with Crippen molar-refractivity contribution in [3.63, 3.8) is 0 Å². The summed E-state index contributed by atoms with van der Waals surface area (Å²) in [7, 11) is 0. The minimum Gasteiger partial charge on any atom is -0.319 e. The number of halogens is 7. The third kappa shape index (κ3) is 2.43. The lowest BCUT2D eigenvalue weighted by Crippen LogP contribution is -2.46. The van der Waals surface area contributed by atoms with Gasteiger partial charge in [0.15, 0.2) is 0 Å². The highest BCUT2D eigenvalue weighted by molar-refractivity contribution is 5.29. The number of hydrogen-bond donors (Lipinski definition) is 1. The first kappa shape index (κ1) is 14.7. The highest BCUT2D eigenvalue weighted by atomic mass is 19.4. The maximum atomic E-state index is 13.3. The van der Waals surface area contributed by atoms with Crippen molar-refractivity contribution in [2.24, 2.45) is 5.73 Å². The summed E-state index contributed by atoms with van der Waals surface area (Å²) in [5.41, 5.74) is 3.26. The van der Waals surface area contributed by atoms with E-state index in [-0.39, 0.29) is 11.6 Å². The van der Waals surface area contributed by atoms with Gasteiger partial charge >= 0.3 is 12.1 Å². The van der Waals surface area contributed by atoms with E-state index >= 15 is 0 Å². The standard InChI is InChI=1S/C10H8F7N/c1-4-2-7(12)5(3-6(4)11)8(18)9(13,14)10(15,16)17/h2-3,8H,18H2,1H3. The van der Waals surface area contributed by atoms with Crippen LogP contribution in [0.1, 0.15) is 17.2 Å². The van der Waals surface area contributed by atoms with E-state index in [2.05, 4.69) is 0 Å². The molecule has 0 saturated heterocycles. The van der Waals surface area contributed by atoms with Crippen LogP contribution in [0.3, 0.4) is 0 Å². The summed E-state index contributed by atoms with van der Waals surface area (Å²) < 4.78 is 88.2. The largest absolute Gasteiger partial charge is 0.455 e. The van der Waals surface area contributed by atoms with Crippen LogP contribution in [0.2, 0.25) is 0 Å². The van der Waals surface area contributed by atoms with Crippen LogP contribution in [0.4, 0.5) is 30.7 Å². The Morgan fingerprint density at radius 3 is 1.94 bits per heavy atom. The fraction of sp³-hybridized carbons (Fsp3) is 0.400. The Hall–Kier alpha value is -1.31. The van der Waals surface area contributed by atoms with Crippen molar-refractivity contribution in [2.75, 3.05) is 0 Å². The van der Waals surface area contributed by atoms with Gasteiger partial charge in [-0.25, -0.2) is 8.78 Å². The second-order valence-electron chi connectivity index (χ2n) is 3.72. The molecule has 0 radical (unpaired) electrons. The number of hydrogen-bond acceptors (Lipinski definition) is 1. The minimum absolute atomic E-state index is 0.223. The molecule has 0 saturated carbocycles. The number of rotatable bonds is 2. The fourth-order valence-electron chi connectivity index (χ4n) is 1.27. The zero-order valence-electron chi connectivity index (χ0n) is 8.96. The molecule has 1 unspecified atom stereocenters. The molecule has 1 atom stereocenters. The second kappa shape index (κ2) is 4.42. The molecular formula is C10H8F7N. The number of aryl methyl sites for hydroxylation is 1. The average molecular weight is 275 g/mol. The van der Waals surface area contributed by atoms with Gasteiger partial charge in [0, 0.05) is 5.56 Å². The van der Waals surface area contributed by atoms with E-state index in [1.807, 2.05) is 0 Å². The van der Waals surface area contributed by atoms with E-state index < -0.39 is 35.3 Å². The van der Waals surface area contributed by atoms with Gasteiger partial charge in [0.25, 0.3) is 0 Å². The van der Waals surface area contributed by atoms with Gasteiger partial charge < -0.3 is 5.73 Å². The van der Waals surface area contributed by atoms with E-state index in [0.29, 0.717) is 6.07 Å². The molecule has 1 rings (SSSR count). The molecular weight excluding hydrogens is 267 g/mol. The van der Waals surface area contributed by atoms with Crippen molar-refractivity contribution in [3.05, 3.63) is 34.9 Å². The fourth-order valence-corrected chi connectivity index (χ4v) is 1.27. The van der Waals surface area contributed by atoms with Crippen molar-refractivity contribution in [3.8, 4) is 0 Å². The van der Waals surface area contributed by atoms with Gasteiger partial charge in [-0.05, 0) is 24.6 Å². The molecule has 102 valence electrons. The quantitative estimate of drug-likeness (QED) is 0.822. The zero-order chi connectivity index (χ0) is 14.3. The van der Waals surface area contributed by atoms with Crippen molar-refractivity contribution < 1.29 is 30.7 Å². The van der Waals surface area contributed by atoms with E-state index in [9.17, 15) is 30.7 Å². The molecule has 0 aliphatic carbocycles. The molecule has 0 aliphatic rings. The molecule has 0 spiro atoms. The lowest BCUT2D eigenvalue weighted by molar-refractivity contribution is -0.291. The van der Waals surface area contributed by atoms with Crippen LogP contribution in [-0.2, 0) is 0 Å². The summed E-state index contributed by atoms with van der Waals surface area (Å²) >= 11 is 0. The van der Waals surface area contributed by atoms with Crippen LogP contribution in [0.25, 0.3) is 0 Å². The van der Waals surface area contributed by atoms with Crippen LogP contribution in [0, 0.1) is 18.6 Å². The molecule has 0 aromatic heterocycles. The predicted octanol–water partition coefficient (Wildman–Crippen LogP) is 3.47. The summed E-state index contributed by atoms with van der Waals surface area (Å²) in [6.07, 6.45) is -5.94. The Morgan fingerprint density at radius 2 is 1.50 bits per heavy atom. The molecule has 0 heterocycles. The monoisotopic (exact) mass is 275 g/mol. The molecule has 18 heavy (non-hydrogen) atoms.